The van der Waals surface area contributed by atoms with E-state index in [-0.39, 0.29) is 10.6 Å². The lowest BCUT2D eigenvalue weighted by atomic mass is 10.2. The third kappa shape index (κ3) is 3.83. The van der Waals surface area contributed by atoms with Gasteiger partial charge in [0.25, 0.3) is 0 Å². The summed E-state index contributed by atoms with van der Waals surface area (Å²) < 4.78 is 34.8. The van der Waals surface area contributed by atoms with Gasteiger partial charge in [0.2, 0.25) is 0 Å². The van der Waals surface area contributed by atoms with Gasteiger partial charge >= 0.3 is 5.97 Å². The minimum Gasteiger partial charge on any atom is -0.489 e. The summed E-state index contributed by atoms with van der Waals surface area (Å²) in [5, 5.41) is 0.394. The summed E-state index contributed by atoms with van der Waals surface area (Å²) in [6.07, 6.45) is 1.08. The summed E-state index contributed by atoms with van der Waals surface area (Å²) in [7, 11) is -2.36. The van der Waals surface area contributed by atoms with Gasteiger partial charge in [-0.25, -0.2) is 18.2 Å². The van der Waals surface area contributed by atoms with Crippen molar-refractivity contribution in [2.45, 2.75) is 11.5 Å². The van der Waals surface area contributed by atoms with Crippen LogP contribution < -0.4 is 4.74 Å². The quantitative estimate of drug-likeness (QED) is 0.641. The van der Waals surface area contributed by atoms with Crippen molar-refractivity contribution in [3.63, 3.8) is 0 Å². The Hall–Kier alpha value is -2.93. The van der Waals surface area contributed by atoms with E-state index in [4.69, 9.17) is 4.74 Å². The third-order valence-corrected chi connectivity index (χ3v) is 4.92. The van der Waals surface area contributed by atoms with Gasteiger partial charge in [-0.3, -0.25) is 0 Å². The maximum atomic E-state index is 12.2. The van der Waals surface area contributed by atoms with Crippen molar-refractivity contribution < 1.29 is 22.7 Å². The molecule has 0 bridgehead atoms. The van der Waals surface area contributed by atoms with Gasteiger partial charge in [0.15, 0.2) is 9.84 Å². The zero-order chi connectivity index (χ0) is 18.7. The fourth-order valence-corrected chi connectivity index (χ4v) is 3.41. The number of carbonyl (C=O) groups is 1. The number of fused-ring (bicyclic) bond motifs is 1. The number of methoxy groups -OCH3 is 1. The molecule has 0 aliphatic heterocycles. The lowest BCUT2D eigenvalue weighted by molar-refractivity contribution is 0.0594. The maximum Gasteiger partial charge on any atom is 0.356 e. The van der Waals surface area contributed by atoms with Crippen molar-refractivity contribution in [3.05, 3.63) is 65.9 Å². The number of hydrogen-bond acceptors (Lipinski definition) is 6. The van der Waals surface area contributed by atoms with E-state index in [1.807, 2.05) is 30.3 Å². The van der Waals surface area contributed by atoms with Gasteiger partial charge < -0.3 is 9.47 Å². The molecule has 0 radical (unpaired) electrons. The number of rotatable bonds is 5. The number of benzene rings is 2. The van der Waals surface area contributed by atoms with Crippen LogP contribution in [-0.4, -0.2) is 32.7 Å². The van der Waals surface area contributed by atoms with Crippen LogP contribution in [0.25, 0.3) is 10.9 Å². The summed E-state index contributed by atoms with van der Waals surface area (Å²) in [5.74, 6) is -0.180. The molecule has 0 saturated heterocycles. The lowest BCUT2D eigenvalue weighted by Crippen LogP contribution is -2.08. The summed E-state index contributed by atoms with van der Waals surface area (Å²) in [5.41, 5.74) is 1.31. The number of aromatic nitrogens is 1. The Labute approximate surface area is 151 Å². The molecular weight excluding hydrogens is 354 g/mol. The van der Waals surface area contributed by atoms with Gasteiger partial charge in [-0.15, -0.1) is 0 Å². The lowest BCUT2D eigenvalue weighted by Gasteiger charge is -2.10. The molecule has 6 nitrogen and oxygen atoms in total. The highest BCUT2D eigenvalue weighted by molar-refractivity contribution is 7.91. The summed E-state index contributed by atoms with van der Waals surface area (Å²) >= 11 is 0. The van der Waals surface area contributed by atoms with Crippen LogP contribution in [0.1, 0.15) is 16.1 Å². The Morgan fingerprint density at radius 1 is 1.08 bits per heavy atom. The Morgan fingerprint density at radius 2 is 1.81 bits per heavy atom. The van der Waals surface area contributed by atoms with Crippen LogP contribution in [0.2, 0.25) is 0 Å². The molecule has 0 N–H and O–H groups in total. The number of pyridine rings is 1. The first-order chi connectivity index (χ1) is 12.4. The number of ether oxygens (including phenoxy) is 2. The number of esters is 1. The van der Waals surface area contributed by atoms with E-state index in [0.717, 1.165) is 11.8 Å². The standard InChI is InChI=1S/C19H17NO5S/c1-24-19(21)17-11-18(26(2,22)23)15-10-14(8-9-16(15)20-17)25-12-13-6-4-3-5-7-13/h3-11H,12H2,1-2H3. The van der Waals surface area contributed by atoms with E-state index in [0.29, 0.717) is 23.3 Å². The van der Waals surface area contributed by atoms with Crippen LogP contribution in [0.5, 0.6) is 5.75 Å². The van der Waals surface area contributed by atoms with Crippen LogP contribution in [0.15, 0.2) is 59.5 Å². The molecule has 26 heavy (non-hydrogen) atoms. The average Bonchev–Trinajstić information content (AvgIpc) is 2.64. The second kappa shape index (κ2) is 7.13. The molecule has 0 aliphatic carbocycles. The zero-order valence-electron chi connectivity index (χ0n) is 14.3. The molecule has 0 saturated carbocycles. The van der Waals surface area contributed by atoms with E-state index in [1.165, 1.54) is 13.2 Å². The molecular formula is C19H17NO5S. The molecule has 2 aromatic carbocycles. The summed E-state index contributed by atoms with van der Waals surface area (Å²) in [6.45, 7) is 0.355. The molecule has 0 atom stereocenters. The van der Waals surface area contributed by atoms with Gasteiger partial charge in [0, 0.05) is 11.6 Å². The third-order valence-electron chi connectivity index (χ3n) is 3.78. The highest BCUT2D eigenvalue weighted by atomic mass is 32.2. The van der Waals surface area contributed by atoms with E-state index in [1.54, 1.807) is 18.2 Å². The first-order valence-corrected chi connectivity index (χ1v) is 9.67. The minimum absolute atomic E-state index is 0.00746. The Morgan fingerprint density at radius 3 is 2.46 bits per heavy atom. The van der Waals surface area contributed by atoms with Gasteiger partial charge in [-0.05, 0) is 29.8 Å². The Kier molecular flexibility index (Phi) is 4.90. The molecule has 7 heteroatoms. The van der Waals surface area contributed by atoms with Crippen molar-refractivity contribution >= 4 is 26.7 Å². The SMILES string of the molecule is COC(=O)c1cc(S(C)(=O)=O)c2cc(OCc3ccccc3)ccc2n1. The fourth-order valence-electron chi connectivity index (χ4n) is 2.52. The molecule has 1 heterocycles. The van der Waals surface area contributed by atoms with E-state index in [9.17, 15) is 13.2 Å². The van der Waals surface area contributed by atoms with Gasteiger partial charge in [0.1, 0.15) is 18.1 Å². The van der Waals surface area contributed by atoms with Crippen molar-refractivity contribution in [3.8, 4) is 5.75 Å². The molecule has 0 amide bonds. The number of nitrogens with zero attached hydrogens (tertiary/aromatic N) is 1. The number of sulfone groups is 1. The average molecular weight is 371 g/mol. The predicted molar refractivity (Wildman–Crippen MR) is 97.0 cm³/mol. The smallest absolute Gasteiger partial charge is 0.356 e. The van der Waals surface area contributed by atoms with Gasteiger partial charge in [-0.2, -0.15) is 0 Å². The molecule has 0 fully saturated rings. The molecule has 0 unspecified atom stereocenters. The van der Waals surface area contributed by atoms with E-state index in [2.05, 4.69) is 9.72 Å². The largest absolute Gasteiger partial charge is 0.489 e. The molecule has 1 aromatic heterocycles. The van der Waals surface area contributed by atoms with Crippen LogP contribution in [0.4, 0.5) is 0 Å². The number of carbonyl (C=O) groups excluding carboxylic acids is 1. The van der Waals surface area contributed by atoms with Crippen LogP contribution in [-0.2, 0) is 21.2 Å². The van der Waals surface area contributed by atoms with Crippen molar-refractivity contribution in [2.75, 3.05) is 13.4 Å². The highest BCUT2D eigenvalue weighted by Crippen LogP contribution is 2.27. The molecule has 0 aliphatic rings. The Balaban J connectivity index is 2.03. The minimum atomic E-state index is -3.58. The van der Waals surface area contributed by atoms with Crippen molar-refractivity contribution in [1.82, 2.24) is 4.98 Å². The summed E-state index contributed by atoms with van der Waals surface area (Å²) in [6, 6.07) is 15.8. The Bertz CT molecular complexity index is 1060. The summed E-state index contributed by atoms with van der Waals surface area (Å²) in [4.78, 5) is 16.0. The van der Waals surface area contributed by atoms with E-state index < -0.39 is 15.8 Å². The molecule has 3 rings (SSSR count). The van der Waals surface area contributed by atoms with Gasteiger partial charge in [-0.1, -0.05) is 30.3 Å². The molecule has 0 spiro atoms. The predicted octanol–water partition coefficient (Wildman–Crippen LogP) is 3.00. The maximum absolute atomic E-state index is 12.2. The first-order valence-electron chi connectivity index (χ1n) is 7.78. The van der Waals surface area contributed by atoms with Crippen LogP contribution in [0.3, 0.4) is 0 Å². The topological polar surface area (TPSA) is 82.6 Å². The zero-order valence-corrected chi connectivity index (χ0v) is 15.1. The van der Waals surface area contributed by atoms with Crippen molar-refractivity contribution in [2.24, 2.45) is 0 Å². The first kappa shape index (κ1) is 17.9. The molecule has 134 valence electrons. The monoisotopic (exact) mass is 371 g/mol. The fraction of sp³-hybridized carbons (Fsp3) is 0.158. The van der Waals surface area contributed by atoms with Gasteiger partial charge in [0.05, 0.1) is 17.5 Å². The normalized spacial score (nSPS) is 11.3. The van der Waals surface area contributed by atoms with Crippen molar-refractivity contribution in [1.29, 1.82) is 0 Å². The second-order valence-corrected chi connectivity index (χ2v) is 7.71. The second-order valence-electron chi connectivity index (χ2n) is 5.72. The van der Waals surface area contributed by atoms with Crippen LogP contribution >= 0.6 is 0 Å². The van der Waals surface area contributed by atoms with Crippen LogP contribution in [0, 0.1) is 0 Å². The molecule has 3 aromatic rings. The highest BCUT2D eigenvalue weighted by Gasteiger charge is 2.19. The van der Waals surface area contributed by atoms with E-state index >= 15 is 0 Å². The number of hydrogen-bond donors (Lipinski definition) is 0.